The maximum Gasteiger partial charge on any atom is 0.270 e. The Labute approximate surface area is 195 Å². The molecule has 1 fully saturated rings. The molecule has 8 nitrogen and oxygen atoms in total. The van der Waals surface area contributed by atoms with Gasteiger partial charge in [0.25, 0.3) is 5.69 Å². The number of aryl methyl sites for hydroxylation is 1. The number of rotatable bonds is 6. The Bertz CT molecular complexity index is 1150. The number of nitrogens with zero attached hydrogens (tertiary/aromatic N) is 2. The third kappa shape index (κ3) is 5.97. The fourth-order valence-electron chi connectivity index (χ4n) is 4.00. The topological polar surface area (TPSA) is 122 Å². The average Bonchev–Trinajstić information content (AvgIpc) is 2.73. The zero-order valence-corrected chi connectivity index (χ0v) is 20.2. The van der Waals surface area contributed by atoms with E-state index in [9.17, 15) is 23.6 Å². The highest BCUT2D eigenvalue weighted by Gasteiger charge is 2.30. The first-order chi connectivity index (χ1) is 15.4. The summed E-state index contributed by atoms with van der Waals surface area (Å²) in [5.41, 5.74) is 1.05. The molecule has 0 saturated heterocycles. The number of phenols is 1. The minimum absolute atomic E-state index is 0.0514. The summed E-state index contributed by atoms with van der Waals surface area (Å²) in [4.78, 5) is 15.7. The maximum atomic E-state index is 12.9. The SMILES string of the molecule is Cc1ccc(S(=O)(=O)N[C@@H]2CCCC[C@H]2N=Cc2cc([N+](=O)[O-])cc(C(C)(C)C)c2O)cc1. The van der Waals surface area contributed by atoms with Gasteiger partial charge in [0.2, 0.25) is 10.0 Å². The summed E-state index contributed by atoms with van der Waals surface area (Å²) in [6.07, 6.45) is 4.53. The molecule has 0 heterocycles. The largest absolute Gasteiger partial charge is 0.507 e. The van der Waals surface area contributed by atoms with Crippen LogP contribution in [0.4, 0.5) is 5.69 Å². The van der Waals surface area contributed by atoms with Crippen LogP contribution in [-0.4, -0.2) is 36.7 Å². The van der Waals surface area contributed by atoms with Gasteiger partial charge in [0, 0.05) is 35.5 Å². The molecule has 2 aromatic carbocycles. The predicted octanol–water partition coefficient (Wildman–Crippen LogP) is 4.61. The van der Waals surface area contributed by atoms with Crippen LogP contribution in [0.5, 0.6) is 5.75 Å². The molecule has 2 aromatic rings. The molecule has 9 heteroatoms. The molecule has 0 aromatic heterocycles. The van der Waals surface area contributed by atoms with E-state index in [0.717, 1.165) is 18.4 Å². The zero-order chi connectivity index (χ0) is 24.4. The average molecular weight is 474 g/mol. The van der Waals surface area contributed by atoms with E-state index in [1.165, 1.54) is 18.3 Å². The van der Waals surface area contributed by atoms with Crippen LogP contribution in [0.1, 0.15) is 63.1 Å². The van der Waals surface area contributed by atoms with Crippen molar-refractivity contribution in [3.63, 3.8) is 0 Å². The van der Waals surface area contributed by atoms with Crippen LogP contribution in [0.2, 0.25) is 0 Å². The molecule has 1 aliphatic carbocycles. The standard InChI is InChI=1S/C24H31N3O5S/c1-16-9-11-19(12-10-16)33(31,32)26-22-8-6-5-7-21(22)25-15-17-13-18(27(29)30)14-20(23(17)28)24(2,3)4/h9-15,21-22,26,28H,5-8H2,1-4H3/t21-,22-/m1/s1. The van der Waals surface area contributed by atoms with Gasteiger partial charge in [0.05, 0.1) is 15.9 Å². The van der Waals surface area contributed by atoms with Crippen molar-refractivity contribution in [2.75, 3.05) is 0 Å². The highest BCUT2D eigenvalue weighted by Crippen LogP contribution is 2.36. The van der Waals surface area contributed by atoms with E-state index < -0.39 is 26.4 Å². The van der Waals surface area contributed by atoms with Gasteiger partial charge in [-0.25, -0.2) is 13.1 Å². The maximum absolute atomic E-state index is 12.9. The van der Waals surface area contributed by atoms with Crippen LogP contribution >= 0.6 is 0 Å². The predicted molar refractivity (Wildman–Crippen MR) is 129 cm³/mol. The van der Waals surface area contributed by atoms with Crippen LogP contribution in [0.25, 0.3) is 0 Å². The first-order valence-corrected chi connectivity index (χ1v) is 12.5. The highest BCUT2D eigenvalue weighted by atomic mass is 32.2. The van der Waals surface area contributed by atoms with Crippen molar-refractivity contribution in [2.45, 2.75) is 75.8 Å². The smallest absolute Gasteiger partial charge is 0.270 e. The van der Waals surface area contributed by atoms with Gasteiger partial charge >= 0.3 is 0 Å². The van der Waals surface area contributed by atoms with Gasteiger partial charge in [0.1, 0.15) is 5.75 Å². The van der Waals surface area contributed by atoms with Crippen LogP contribution in [0.3, 0.4) is 0 Å². The Morgan fingerprint density at radius 2 is 1.79 bits per heavy atom. The summed E-state index contributed by atoms with van der Waals surface area (Å²) in [7, 11) is -3.71. The first-order valence-electron chi connectivity index (χ1n) is 11.0. The van der Waals surface area contributed by atoms with Gasteiger partial charge in [-0.3, -0.25) is 15.1 Å². The lowest BCUT2D eigenvalue weighted by atomic mass is 9.85. The zero-order valence-electron chi connectivity index (χ0n) is 19.4. The summed E-state index contributed by atoms with van der Waals surface area (Å²) in [5, 5.41) is 22.2. The molecule has 33 heavy (non-hydrogen) atoms. The van der Waals surface area contributed by atoms with E-state index >= 15 is 0 Å². The summed E-state index contributed by atoms with van der Waals surface area (Å²) < 4.78 is 28.5. The van der Waals surface area contributed by atoms with Gasteiger partial charge < -0.3 is 5.11 Å². The molecule has 2 atom stereocenters. The van der Waals surface area contributed by atoms with Crippen molar-refractivity contribution >= 4 is 21.9 Å². The minimum Gasteiger partial charge on any atom is -0.507 e. The first kappa shape index (κ1) is 24.9. The fourth-order valence-corrected chi connectivity index (χ4v) is 5.31. The lowest BCUT2D eigenvalue weighted by Gasteiger charge is -2.29. The number of nitro benzene ring substituents is 1. The number of nitrogens with one attached hydrogen (secondary N) is 1. The quantitative estimate of drug-likeness (QED) is 0.360. The number of non-ortho nitro benzene ring substituents is 1. The summed E-state index contributed by atoms with van der Waals surface area (Å²) in [5.74, 6) is -0.0514. The van der Waals surface area contributed by atoms with E-state index in [-0.39, 0.29) is 27.9 Å². The van der Waals surface area contributed by atoms with Crippen LogP contribution in [-0.2, 0) is 15.4 Å². The Kier molecular flexibility index (Phi) is 7.23. The van der Waals surface area contributed by atoms with Crippen molar-refractivity contribution in [1.29, 1.82) is 0 Å². The van der Waals surface area contributed by atoms with E-state index in [4.69, 9.17) is 0 Å². The van der Waals surface area contributed by atoms with Crippen molar-refractivity contribution in [3.8, 4) is 5.75 Å². The molecular weight excluding hydrogens is 442 g/mol. The lowest BCUT2D eigenvalue weighted by molar-refractivity contribution is -0.385. The molecule has 0 aliphatic heterocycles. The van der Waals surface area contributed by atoms with E-state index in [1.54, 1.807) is 24.3 Å². The number of aliphatic imine (C=N–C) groups is 1. The molecule has 0 spiro atoms. The minimum atomic E-state index is -3.71. The second kappa shape index (κ2) is 9.61. The third-order valence-electron chi connectivity index (χ3n) is 5.92. The highest BCUT2D eigenvalue weighted by molar-refractivity contribution is 7.89. The van der Waals surface area contributed by atoms with Crippen molar-refractivity contribution < 1.29 is 18.4 Å². The number of nitro groups is 1. The molecular formula is C24H31N3O5S. The number of hydrogen-bond donors (Lipinski definition) is 2. The van der Waals surface area contributed by atoms with E-state index in [1.807, 2.05) is 27.7 Å². The summed E-state index contributed by atoms with van der Waals surface area (Å²) in [6, 6.07) is 8.60. The molecule has 0 bridgehead atoms. The molecule has 1 aliphatic rings. The lowest BCUT2D eigenvalue weighted by Crippen LogP contribution is -2.44. The monoisotopic (exact) mass is 473 g/mol. The molecule has 178 valence electrons. The molecule has 3 rings (SSSR count). The van der Waals surface area contributed by atoms with E-state index in [2.05, 4.69) is 9.71 Å². The van der Waals surface area contributed by atoms with Crippen LogP contribution in [0.15, 0.2) is 46.3 Å². The molecule has 0 amide bonds. The number of benzene rings is 2. The number of sulfonamides is 1. The van der Waals surface area contributed by atoms with Gasteiger partial charge in [-0.15, -0.1) is 0 Å². The fraction of sp³-hybridized carbons (Fsp3) is 0.458. The summed E-state index contributed by atoms with van der Waals surface area (Å²) in [6.45, 7) is 7.49. The Morgan fingerprint density at radius 1 is 1.15 bits per heavy atom. The van der Waals surface area contributed by atoms with Crippen molar-refractivity contribution in [2.24, 2.45) is 4.99 Å². The Morgan fingerprint density at radius 3 is 2.39 bits per heavy atom. The van der Waals surface area contributed by atoms with Gasteiger partial charge in [-0.2, -0.15) is 0 Å². The molecule has 1 saturated carbocycles. The number of aromatic hydroxyl groups is 1. The van der Waals surface area contributed by atoms with Gasteiger partial charge in [-0.1, -0.05) is 51.3 Å². The number of phenolic OH excluding ortho intramolecular Hbond substituents is 1. The second-order valence-corrected chi connectivity index (χ2v) is 11.3. The van der Waals surface area contributed by atoms with Crippen molar-refractivity contribution in [3.05, 3.63) is 63.2 Å². The second-order valence-electron chi connectivity index (χ2n) is 9.61. The van der Waals surface area contributed by atoms with Crippen LogP contribution < -0.4 is 4.72 Å². The van der Waals surface area contributed by atoms with Gasteiger partial charge in [0.15, 0.2) is 0 Å². The van der Waals surface area contributed by atoms with Crippen LogP contribution in [0, 0.1) is 17.0 Å². The molecule has 2 N–H and O–H groups in total. The van der Waals surface area contributed by atoms with Gasteiger partial charge in [-0.05, 0) is 37.3 Å². The Balaban J connectivity index is 1.89. The summed E-state index contributed by atoms with van der Waals surface area (Å²) >= 11 is 0. The Hall–Kier alpha value is -2.78. The third-order valence-corrected chi connectivity index (χ3v) is 7.42. The van der Waals surface area contributed by atoms with Crippen molar-refractivity contribution in [1.82, 2.24) is 4.72 Å². The number of hydrogen-bond acceptors (Lipinski definition) is 6. The normalized spacial score (nSPS) is 19.6. The van der Waals surface area contributed by atoms with E-state index in [0.29, 0.717) is 18.4 Å². The molecule has 0 unspecified atom stereocenters. The molecule has 0 radical (unpaired) electrons.